The molecule has 0 spiro atoms. The van der Waals surface area contributed by atoms with Crippen LogP contribution in [0.3, 0.4) is 0 Å². The Morgan fingerprint density at radius 1 is 1.00 bits per heavy atom. The van der Waals surface area contributed by atoms with Crippen LogP contribution >= 0.6 is 0 Å². The third-order valence-corrected chi connectivity index (χ3v) is 3.05. The van der Waals surface area contributed by atoms with Gasteiger partial charge in [0.15, 0.2) is 6.10 Å². The van der Waals surface area contributed by atoms with Gasteiger partial charge in [-0.05, 0) is 5.56 Å². The molecule has 0 aliphatic heterocycles. The second-order valence-electron chi connectivity index (χ2n) is 4.49. The molecule has 0 saturated heterocycles. The van der Waals surface area contributed by atoms with Crippen molar-refractivity contribution in [1.82, 2.24) is 0 Å². The standard InChI is InChI=1S/C16H16N2O3/c17-10-11-6-8-13(9-7-11)15(21-16(18)20)14(19)12-4-2-1-3-5-12/h1-9,15H,10,17H2,(H2,18,20). The van der Waals surface area contributed by atoms with Crippen molar-refractivity contribution in [3.63, 3.8) is 0 Å². The number of rotatable bonds is 5. The van der Waals surface area contributed by atoms with E-state index in [9.17, 15) is 9.59 Å². The average molecular weight is 284 g/mol. The summed E-state index contributed by atoms with van der Waals surface area (Å²) < 4.78 is 4.98. The molecule has 1 unspecified atom stereocenters. The fraction of sp³-hybridized carbons (Fsp3) is 0.125. The molecule has 0 fully saturated rings. The molecule has 2 rings (SSSR count). The number of primary amides is 1. The van der Waals surface area contributed by atoms with Gasteiger partial charge in [0.05, 0.1) is 0 Å². The predicted molar refractivity (Wildman–Crippen MR) is 78.5 cm³/mol. The molecule has 0 radical (unpaired) electrons. The largest absolute Gasteiger partial charge is 0.433 e. The lowest BCUT2D eigenvalue weighted by Gasteiger charge is -2.16. The van der Waals surface area contributed by atoms with Crippen molar-refractivity contribution in [3.05, 3.63) is 71.3 Å². The van der Waals surface area contributed by atoms with E-state index < -0.39 is 12.2 Å². The first kappa shape index (κ1) is 14.7. The highest BCUT2D eigenvalue weighted by atomic mass is 16.6. The Kier molecular flexibility index (Phi) is 4.68. The van der Waals surface area contributed by atoms with Crippen molar-refractivity contribution < 1.29 is 14.3 Å². The molecular weight excluding hydrogens is 268 g/mol. The van der Waals surface area contributed by atoms with E-state index >= 15 is 0 Å². The smallest absolute Gasteiger partial charge is 0.405 e. The van der Waals surface area contributed by atoms with Crippen LogP contribution in [0.25, 0.3) is 0 Å². The summed E-state index contributed by atoms with van der Waals surface area (Å²) in [6.07, 6.45) is -2.05. The zero-order valence-electron chi connectivity index (χ0n) is 11.4. The van der Waals surface area contributed by atoms with Crippen LogP contribution in [-0.4, -0.2) is 11.9 Å². The van der Waals surface area contributed by atoms with E-state index in [1.54, 1.807) is 54.6 Å². The monoisotopic (exact) mass is 284 g/mol. The van der Waals surface area contributed by atoms with E-state index in [4.69, 9.17) is 16.2 Å². The molecule has 5 heteroatoms. The number of amides is 1. The Bertz CT molecular complexity index is 624. The van der Waals surface area contributed by atoms with Crippen LogP contribution in [0.2, 0.25) is 0 Å². The summed E-state index contributed by atoms with van der Waals surface area (Å²) in [5.74, 6) is -0.324. The Hall–Kier alpha value is -2.66. The molecule has 1 amide bonds. The molecule has 0 saturated carbocycles. The SMILES string of the molecule is NCc1ccc(C(OC(N)=O)C(=O)c2ccccc2)cc1. The van der Waals surface area contributed by atoms with Crippen molar-refractivity contribution in [1.29, 1.82) is 0 Å². The van der Waals surface area contributed by atoms with E-state index in [2.05, 4.69) is 0 Å². The van der Waals surface area contributed by atoms with Crippen LogP contribution in [0.4, 0.5) is 4.79 Å². The molecule has 5 nitrogen and oxygen atoms in total. The highest BCUT2D eigenvalue weighted by Crippen LogP contribution is 2.23. The Morgan fingerprint density at radius 3 is 2.14 bits per heavy atom. The molecule has 1 atom stereocenters. The highest BCUT2D eigenvalue weighted by molar-refractivity contribution is 6.00. The normalized spacial score (nSPS) is 11.7. The lowest BCUT2D eigenvalue weighted by atomic mass is 9.99. The lowest BCUT2D eigenvalue weighted by Crippen LogP contribution is -2.23. The van der Waals surface area contributed by atoms with Gasteiger partial charge in [-0.25, -0.2) is 4.79 Å². The number of hydrogen-bond donors (Lipinski definition) is 2. The van der Waals surface area contributed by atoms with E-state index in [0.717, 1.165) is 5.56 Å². The predicted octanol–water partition coefficient (Wildman–Crippen LogP) is 2.16. The van der Waals surface area contributed by atoms with Gasteiger partial charge in [-0.2, -0.15) is 0 Å². The second kappa shape index (κ2) is 6.67. The van der Waals surface area contributed by atoms with Crippen LogP contribution in [0, 0.1) is 0 Å². The van der Waals surface area contributed by atoms with Crippen LogP contribution in [0.5, 0.6) is 0 Å². The third-order valence-electron chi connectivity index (χ3n) is 3.05. The molecule has 21 heavy (non-hydrogen) atoms. The Balaban J connectivity index is 2.33. The van der Waals surface area contributed by atoms with Crippen molar-refractivity contribution >= 4 is 11.9 Å². The molecule has 2 aromatic rings. The molecular formula is C16H16N2O3. The van der Waals surface area contributed by atoms with Gasteiger partial charge in [0.2, 0.25) is 5.78 Å². The van der Waals surface area contributed by atoms with Crippen molar-refractivity contribution in [2.75, 3.05) is 0 Å². The van der Waals surface area contributed by atoms with E-state index in [1.807, 2.05) is 0 Å². The number of ether oxygens (including phenoxy) is 1. The van der Waals surface area contributed by atoms with Crippen LogP contribution < -0.4 is 11.5 Å². The minimum atomic E-state index is -1.06. The van der Waals surface area contributed by atoms with Gasteiger partial charge in [0.1, 0.15) is 0 Å². The van der Waals surface area contributed by atoms with Gasteiger partial charge in [0, 0.05) is 17.7 Å². The fourth-order valence-electron chi connectivity index (χ4n) is 1.97. The first-order chi connectivity index (χ1) is 10.1. The second-order valence-corrected chi connectivity index (χ2v) is 4.49. The van der Waals surface area contributed by atoms with Crippen molar-refractivity contribution in [2.45, 2.75) is 12.6 Å². The van der Waals surface area contributed by atoms with Crippen molar-refractivity contribution in [2.24, 2.45) is 11.5 Å². The van der Waals surface area contributed by atoms with Gasteiger partial charge in [-0.3, -0.25) is 4.79 Å². The Morgan fingerprint density at radius 2 is 1.62 bits per heavy atom. The van der Waals surface area contributed by atoms with Gasteiger partial charge >= 0.3 is 6.09 Å². The maximum absolute atomic E-state index is 12.5. The first-order valence-corrected chi connectivity index (χ1v) is 6.46. The lowest BCUT2D eigenvalue weighted by molar-refractivity contribution is 0.0654. The van der Waals surface area contributed by atoms with Crippen LogP contribution in [0.1, 0.15) is 27.6 Å². The number of hydrogen-bond acceptors (Lipinski definition) is 4. The summed E-state index contributed by atoms with van der Waals surface area (Å²) in [6.45, 7) is 0.397. The van der Waals surface area contributed by atoms with Gasteiger partial charge in [-0.1, -0.05) is 54.6 Å². The van der Waals surface area contributed by atoms with E-state index in [1.165, 1.54) is 0 Å². The summed E-state index contributed by atoms with van der Waals surface area (Å²) in [7, 11) is 0. The number of carbonyl (C=O) groups excluding carboxylic acids is 2. The minimum absolute atomic E-state index is 0.324. The fourth-order valence-corrected chi connectivity index (χ4v) is 1.97. The first-order valence-electron chi connectivity index (χ1n) is 6.46. The number of carbonyl (C=O) groups is 2. The molecule has 0 bridgehead atoms. The number of benzene rings is 2. The minimum Gasteiger partial charge on any atom is -0.433 e. The summed E-state index contributed by atoms with van der Waals surface area (Å²) in [5.41, 5.74) is 12.5. The topological polar surface area (TPSA) is 95.4 Å². The molecule has 0 aliphatic carbocycles. The Labute approximate surface area is 122 Å². The van der Waals surface area contributed by atoms with Gasteiger partial charge in [0.25, 0.3) is 0 Å². The average Bonchev–Trinajstić information content (AvgIpc) is 2.53. The molecule has 0 heterocycles. The zero-order chi connectivity index (χ0) is 15.2. The number of nitrogens with two attached hydrogens (primary N) is 2. The maximum atomic E-state index is 12.5. The van der Waals surface area contributed by atoms with Gasteiger partial charge in [-0.15, -0.1) is 0 Å². The number of Topliss-reactive ketones (excluding diaryl/α,β-unsaturated/α-hetero) is 1. The highest BCUT2D eigenvalue weighted by Gasteiger charge is 2.25. The van der Waals surface area contributed by atoms with Gasteiger partial charge < -0.3 is 16.2 Å². The summed E-state index contributed by atoms with van der Waals surface area (Å²) >= 11 is 0. The quantitative estimate of drug-likeness (QED) is 0.822. The number of ketones is 1. The maximum Gasteiger partial charge on any atom is 0.405 e. The molecule has 0 aliphatic rings. The zero-order valence-corrected chi connectivity index (χ0v) is 11.4. The van der Waals surface area contributed by atoms with Crippen molar-refractivity contribution in [3.8, 4) is 0 Å². The molecule has 0 aromatic heterocycles. The molecule has 108 valence electrons. The third kappa shape index (κ3) is 3.67. The summed E-state index contributed by atoms with van der Waals surface area (Å²) in [6, 6.07) is 15.6. The van der Waals surface area contributed by atoms with E-state index in [-0.39, 0.29) is 5.78 Å². The summed E-state index contributed by atoms with van der Waals surface area (Å²) in [5, 5.41) is 0. The molecule has 4 N–H and O–H groups in total. The van der Waals surface area contributed by atoms with Crippen LogP contribution in [0.15, 0.2) is 54.6 Å². The van der Waals surface area contributed by atoms with Crippen LogP contribution in [-0.2, 0) is 11.3 Å². The van der Waals surface area contributed by atoms with E-state index in [0.29, 0.717) is 17.7 Å². The molecule has 2 aromatic carbocycles. The summed E-state index contributed by atoms with van der Waals surface area (Å²) in [4.78, 5) is 23.5.